The summed E-state index contributed by atoms with van der Waals surface area (Å²) in [5, 5.41) is 27.2. The molecule has 0 bridgehead atoms. The average Bonchev–Trinajstić information content (AvgIpc) is 3.60. The Morgan fingerprint density at radius 1 is 1.11 bits per heavy atom. The molecule has 1 saturated carbocycles. The van der Waals surface area contributed by atoms with Gasteiger partial charge in [-0.1, -0.05) is 0 Å². The fourth-order valence-corrected chi connectivity index (χ4v) is 5.07. The number of carboxylic acids is 3. The molecular formula is C23H25F3N4O8. The number of anilines is 2. The maximum atomic E-state index is 15.6. The zero-order valence-electron chi connectivity index (χ0n) is 19.8. The number of halogens is 3. The summed E-state index contributed by atoms with van der Waals surface area (Å²) in [6.45, 7) is -1.63. The summed E-state index contributed by atoms with van der Waals surface area (Å²) in [6, 6.07) is -0.128. The van der Waals surface area contributed by atoms with Crippen LogP contribution in [0.3, 0.4) is 0 Å². The van der Waals surface area contributed by atoms with E-state index in [0.717, 1.165) is 25.6 Å². The Labute approximate surface area is 212 Å². The van der Waals surface area contributed by atoms with Gasteiger partial charge in [-0.15, -0.1) is 0 Å². The Balaban J connectivity index is 0.000000505. The second kappa shape index (κ2) is 10.4. The highest BCUT2D eigenvalue weighted by atomic mass is 19.3. The quantitative estimate of drug-likeness (QED) is 0.274. The van der Waals surface area contributed by atoms with Crippen LogP contribution in [-0.2, 0) is 9.59 Å². The molecule has 1 aromatic carbocycles. The summed E-state index contributed by atoms with van der Waals surface area (Å²) in [4.78, 5) is 44.4. The molecule has 12 nitrogen and oxygen atoms in total. The molecule has 3 aliphatic rings. The van der Waals surface area contributed by atoms with Crippen molar-refractivity contribution in [3.8, 4) is 5.75 Å². The summed E-state index contributed by atoms with van der Waals surface area (Å²) in [5.41, 5.74) is 3.56. The van der Waals surface area contributed by atoms with Crippen LogP contribution >= 0.6 is 0 Å². The third-order valence-corrected chi connectivity index (χ3v) is 6.85. The van der Waals surface area contributed by atoms with Gasteiger partial charge in [-0.25, -0.2) is 18.8 Å². The summed E-state index contributed by atoms with van der Waals surface area (Å²) in [5.74, 6) is -6.44. The van der Waals surface area contributed by atoms with E-state index in [-0.39, 0.29) is 29.2 Å². The summed E-state index contributed by atoms with van der Waals surface area (Å²) in [6.07, 6.45) is 4.34. The number of fused-ring (bicyclic) bond motifs is 2. The Bertz CT molecular complexity index is 1330. The van der Waals surface area contributed by atoms with Crippen LogP contribution < -0.4 is 26.1 Å². The van der Waals surface area contributed by atoms with E-state index in [2.05, 4.69) is 5.32 Å². The van der Waals surface area contributed by atoms with Gasteiger partial charge in [0.05, 0.1) is 16.6 Å². The first-order chi connectivity index (χ1) is 17.9. The molecule has 2 aromatic rings. The lowest BCUT2D eigenvalue weighted by atomic mass is 9.94. The van der Waals surface area contributed by atoms with Crippen LogP contribution in [0.4, 0.5) is 24.5 Å². The van der Waals surface area contributed by atoms with Crippen molar-refractivity contribution >= 4 is 40.2 Å². The minimum absolute atomic E-state index is 0.0829. The van der Waals surface area contributed by atoms with Crippen LogP contribution in [-0.4, -0.2) is 70.1 Å². The largest absolute Gasteiger partial charge is 0.477 e. The Hall–Kier alpha value is -4.01. The molecule has 1 aliphatic carbocycles. The molecule has 2 aliphatic heterocycles. The van der Waals surface area contributed by atoms with E-state index in [1.54, 1.807) is 4.90 Å². The van der Waals surface area contributed by atoms with Crippen molar-refractivity contribution in [1.29, 1.82) is 0 Å². The van der Waals surface area contributed by atoms with E-state index in [1.807, 2.05) is 0 Å². The van der Waals surface area contributed by atoms with Crippen molar-refractivity contribution < 1.29 is 47.6 Å². The maximum absolute atomic E-state index is 15.6. The van der Waals surface area contributed by atoms with Gasteiger partial charge < -0.3 is 40.6 Å². The van der Waals surface area contributed by atoms with Crippen molar-refractivity contribution in [1.82, 2.24) is 9.88 Å². The van der Waals surface area contributed by atoms with E-state index in [9.17, 15) is 23.5 Å². The fraction of sp³-hybridized carbons (Fsp3) is 0.478. The minimum Gasteiger partial charge on any atom is -0.477 e. The maximum Gasteiger partial charge on any atom is 0.414 e. The van der Waals surface area contributed by atoms with Crippen molar-refractivity contribution in [2.24, 2.45) is 5.92 Å². The number of nitrogens with one attached hydrogen (secondary N) is 1. The van der Waals surface area contributed by atoms with Crippen LogP contribution in [0.5, 0.6) is 5.75 Å². The number of piperidine rings is 1. The number of alkyl halides is 2. The highest BCUT2D eigenvalue weighted by molar-refractivity contribution is 6.27. The van der Waals surface area contributed by atoms with Crippen LogP contribution in [0.25, 0.3) is 10.9 Å². The highest BCUT2D eigenvalue weighted by Crippen LogP contribution is 2.47. The van der Waals surface area contributed by atoms with Gasteiger partial charge in [-0.05, 0) is 38.1 Å². The number of nitrogens with two attached hydrogens (primary N) is 1. The van der Waals surface area contributed by atoms with Gasteiger partial charge in [0.25, 0.3) is 0 Å². The van der Waals surface area contributed by atoms with Crippen molar-refractivity contribution in [2.45, 2.75) is 44.4 Å². The lowest BCUT2D eigenvalue weighted by Gasteiger charge is -2.26. The smallest absolute Gasteiger partial charge is 0.414 e. The zero-order chi connectivity index (χ0) is 27.9. The number of nitrogens with zero attached hydrogens (tertiary/aromatic N) is 2. The molecule has 5 rings (SSSR count). The van der Waals surface area contributed by atoms with Gasteiger partial charge in [0.1, 0.15) is 11.3 Å². The van der Waals surface area contributed by atoms with E-state index in [0.29, 0.717) is 25.9 Å². The van der Waals surface area contributed by atoms with E-state index >= 15 is 4.39 Å². The molecule has 1 aromatic heterocycles. The number of hydrogen-bond acceptors (Lipinski definition) is 8. The van der Waals surface area contributed by atoms with Gasteiger partial charge in [0.2, 0.25) is 5.43 Å². The van der Waals surface area contributed by atoms with E-state index in [4.69, 9.17) is 30.3 Å². The minimum atomic E-state index is -3.27. The number of carbonyl (C=O) groups is 3. The van der Waals surface area contributed by atoms with Gasteiger partial charge in [0, 0.05) is 31.4 Å². The fourth-order valence-electron chi connectivity index (χ4n) is 5.07. The normalized spacial score (nSPS) is 20.6. The SMILES string of the molecule is Nc1c(F)c(N2C[C@@H]3CCCN[C@@H]3C2)c(OC(F)F)c2c1c(=O)c(C(=O)O)cn2C1CC1.O=C(O)C(=O)O. The number of nitrogen functional groups attached to an aromatic ring is 1. The molecule has 206 valence electrons. The number of aromatic carboxylic acids is 1. The molecule has 15 heteroatoms. The monoisotopic (exact) mass is 542 g/mol. The highest BCUT2D eigenvalue weighted by Gasteiger charge is 2.39. The molecule has 0 unspecified atom stereocenters. The van der Waals surface area contributed by atoms with Crippen LogP contribution in [0, 0.1) is 11.7 Å². The number of aromatic nitrogens is 1. The second-order valence-electron chi connectivity index (χ2n) is 9.30. The number of pyridine rings is 1. The third-order valence-electron chi connectivity index (χ3n) is 6.85. The molecular weight excluding hydrogens is 517 g/mol. The zero-order valence-corrected chi connectivity index (χ0v) is 19.8. The molecule has 6 N–H and O–H groups in total. The van der Waals surface area contributed by atoms with Crippen molar-refractivity contribution in [3.63, 3.8) is 0 Å². The predicted molar refractivity (Wildman–Crippen MR) is 126 cm³/mol. The molecule has 2 saturated heterocycles. The van der Waals surface area contributed by atoms with Gasteiger partial charge in [-0.3, -0.25) is 4.79 Å². The number of ether oxygens (including phenoxy) is 1. The molecule has 0 spiro atoms. The first kappa shape index (κ1) is 27.0. The average molecular weight is 542 g/mol. The number of carboxylic acid groups (broad SMARTS) is 3. The van der Waals surface area contributed by atoms with Gasteiger partial charge in [0.15, 0.2) is 11.6 Å². The van der Waals surface area contributed by atoms with Crippen LogP contribution in [0.1, 0.15) is 42.1 Å². The standard InChI is InChI=1S/C21H23F3N4O4.C2H2O4/c22-14-15(25)13-16(28(10-3-4-10)7-11(18(13)29)20(30)31)19(32-21(23)24)17(14)27-6-9-2-1-5-26-12(9)8-27;3-1(4)2(5)6/h7,9-10,12,21,26H,1-6,8,25H2,(H,30,31);(H,3,4)(H,5,6)/t9-,12+;/m0./s1. The molecule has 2 atom stereocenters. The Morgan fingerprint density at radius 3 is 2.29 bits per heavy atom. The van der Waals surface area contributed by atoms with E-state index < -0.39 is 58.2 Å². The Kier molecular flexibility index (Phi) is 7.40. The molecule has 38 heavy (non-hydrogen) atoms. The molecule has 3 fully saturated rings. The number of benzene rings is 1. The van der Waals surface area contributed by atoms with Gasteiger partial charge >= 0.3 is 24.5 Å². The summed E-state index contributed by atoms with van der Waals surface area (Å²) < 4.78 is 48.9. The second-order valence-corrected chi connectivity index (χ2v) is 9.30. The lowest BCUT2D eigenvalue weighted by molar-refractivity contribution is -0.159. The first-order valence-corrected chi connectivity index (χ1v) is 11.7. The molecule has 0 radical (unpaired) electrons. The molecule has 3 heterocycles. The third kappa shape index (κ3) is 5.05. The number of aliphatic carboxylic acids is 2. The first-order valence-electron chi connectivity index (χ1n) is 11.7. The predicted octanol–water partition coefficient (Wildman–Crippen LogP) is 1.70. The van der Waals surface area contributed by atoms with Crippen molar-refractivity contribution in [3.05, 3.63) is 27.8 Å². The van der Waals surface area contributed by atoms with Crippen LogP contribution in [0.2, 0.25) is 0 Å². The summed E-state index contributed by atoms with van der Waals surface area (Å²) in [7, 11) is 0. The topological polar surface area (TPSA) is 184 Å². The number of rotatable bonds is 5. The lowest BCUT2D eigenvalue weighted by Crippen LogP contribution is -2.40. The van der Waals surface area contributed by atoms with Crippen molar-refractivity contribution in [2.75, 3.05) is 30.3 Å². The Morgan fingerprint density at radius 2 is 1.76 bits per heavy atom. The summed E-state index contributed by atoms with van der Waals surface area (Å²) >= 11 is 0. The van der Waals surface area contributed by atoms with Gasteiger partial charge in [-0.2, -0.15) is 8.78 Å². The molecule has 0 amide bonds. The van der Waals surface area contributed by atoms with E-state index in [1.165, 1.54) is 4.57 Å². The number of hydrogen-bond donors (Lipinski definition) is 5. The van der Waals surface area contributed by atoms with Crippen LogP contribution in [0.15, 0.2) is 11.0 Å².